The van der Waals surface area contributed by atoms with Crippen molar-refractivity contribution in [2.45, 2.75) is 19.4 Å². The predicted molar refractivity (Wildman–Crippen MR) is 73.5 cm³/mol. The smallest absolute Gasteiger partial charge is 0.131 e. The Hall–Kier alpha value is -1.87. The number of benzene rings is 2. The van der Waals surface area contributed by atoms with E-state index in [2.05, 4.69) is 0 Å². The minimum atomic E-state index is -0.236. The number of halogens is 1. The first kappa shape index (κ1) is 12.2. The summed E-state index contributed by atoms with van der Waals surface area (Å²) >= 11 is 0. The molecule has 0 unspecified atom stereocenters. The third-order valence-electron chi connectivity index (χ3n) is 3.49. The van der Waals surface area contributed by atoms with Gasteiger partial charge in [0.05, 0.1) is 6.61 Å². The predicted octanol–water partition coefficient (Wildman–Crippen LogP) is 3.28. The van der Waals surface area contributed by atoms with Crippen LogP contribution in [-0.2, 0) is 13.0 Å². The molecule has 0 aliphatic carbocycles. The zero-order chi connectivity index (χ0) is 13.2. The fourth-order valence-electron chi connectivity index (χ4n) is 2.51. The highest BCUT2D eigenvalue weighted by Crippen LogP contribution is 2.37. The van der Waals surface area contributed by atoms with Crippen molar-refractivity contribution in [3.63, 3.8) is 0 Å². The summed E-state index contributed by atoms with van der Waals surface area (Å²) in [6.45, 7) is 1.10. The molecule has 0 saturated carbocycles. The number of rotatable bonds is 2. The lowest BCUT2D eigenvalue weighted by molar-refractivity contribution is 0.289. The second kappa shape index (κ2) is 5.02. The first-order chi connectivity index (χ1) is 9.29. The van der Waals surface area contributed by atoms with Gasteiger partial charge in [-0.3, -0.25) is 0 Å². The fraction of sp³-hybridized carbons (Fsp3) is 0.250. The number of nitrogens with two attached hydrogens (primary N) is 1. The maximum atomic E-state index is 14.1. The van der Waals surface area contributed by atoms with Crippen LogP contribution in [0, 0.1) is 5.82 Å². The van der Waals surface area contributed by atoms with E-state index in [1.54, 1.807) is 6.07 Å². The highest BCUT2D eigenvalue weighted by molar-refractivity contribution is 5.73. The number of fused-ring (bicyclic) bond motifs is 1. The van der Waals surface area contributed by atoms with Crippen LogP contribution < -0.4 is 10.5 Å². The molecular weight excluding hydrogens is 241 g/mol. The Bertz CT molecular complexity index is 610. The molecular formula is C16H16FNO. The molecule has 3 heteroatoms. The molecule has 0 fully saturated rings. The van der Waals surface area contributed by atoms with Gasteiger partial charge in [0.25, 0.3) is 0 Å². The van der Waals surface area contributed by atoms with E-state index in [1.807, 2.05) is 24.3 Å². The average Bonchev–Trinajstić information content (AvgIpc) is 2.47. The van der Waals surface area contributed by atoms with E-state index in [-0.39, 0.29) is 5.82 Å². The SMILES string of the molecule is NCc1ccc(F)c(-c2cccc3c2OCCC3)c1. The normalized spacial score (nSPS) is 13.8. The molecule has 0 amide bonds. The second-order valence-corrected chi connectivity index (χ2v) is 4.76. The summed E-state index contributed by atoms with van der Waals surface area (Å²) in [5.41, 5.74) is 9.10. The largest absolute Gasteiger partial charge is 0.493 e. The Labute approximate surface area is 112 Å². The van der Waals surface area contributed by atoms with Gasteiger partial charge in [0.2, 0.25) is 0 Å². The topological polar surface area (TPSA) is 35.2 Å². The van der Waals surface area contributed by atoms with Crippen LogP contribution in [0.3, 0.4) is 0 Å². The van der Waals surface area contributed by atoms with Crippen molar-refractivity contribution in [1.29, 1.82) is 0 Å². The van der Waals surface area contributed by atoms with Gasteiger partial charge in [0.1, 0.15) is 11.6 Å². The lowest BCUT2D eigenvalue weighted by Crippen LogP contribution is -2.09. The van der Waals surface area contributed by atoms with Crippen molar-refractivity contribution in [1.82, 2.24) is 0 Å². The molecule has 0 atom stereocenters. The lowest BCUT2D eigenvalue weighted by Gasteiger charge is -2.20. The molecule has 2 nitrogen and oxygen atoms in total. The second-order valence-electron chi connectivity index (χ2n) is 4.76. The third-order valence-corrected chi connectivity index (χ3v) is 3.49. The van der Waals surface area contributed by atoms with Gasteiger partial charge in [0.15, 0.2) is 0 Å². The summed E-state index contributed by atoms with van der Waals surface area (Å²) in [4.78, 5) is 0. The van der Waals surface area contributed by atoms with Gasteiger partial charge in [0, 0.05) is 17.7 Å². The Kier molecular flexibility index (Phi) is 3.22. The van der Waals surface area contributed by atoms with Gasteiger partial charge in [-0.2, -0.15) is 0 Å². The van der Waals surface area contributed by atoms with Crippen molar-refractivity contribution in [3.8, 4) is 16.9 Å². The van der Waals surface area contributed by atoms with E-state index in [0.29, 0.717) is 18.7 Å². The van der Waals surface area contributed by atoms with Crippen LogP contribution in [0.15, 0.2) is 36.4 Å². The Morgan fingerprint density at radius 2 is 2.05 bits per heavy atom. The zero-order valence-corrected chi connectivity index (χ0v) is 10.7. The Morgan fingerprint density at radius 3 is 2.89 bits per heavy atom. The van der Waals surface area contributed by atoms with E-state index in [9.17, 15) is 4.39 Å². The molecule has 1 aliphatic heterocycles. The van der Waals surface area contributed by atoms with Crippen LogP contribution in [0.2, 0.25) is 0 Å². The van der Waals surface area contributed by atoms with Crippen molar-refractivity contribution in [2.24, 2.45) is 5.73 Å². The molecule has 1 aliphatic rings. The number of aryl methyl sites for hydroxylation is 1. The number of hydrogen-bond donors (Lipinski definition) is 1. The number of hydrogen-bond acceptors (Lipinski definition) is 2. The van der Waals surface area contributed by atoms with Crippen LogP contribution in [0.5, 0.6) is 5.75 Å². The summed E-state index contributed by atoms with van der Waals surface area (Å²) in [6, 6.07) is 10.9. The van der Waals surface area contributed by atoms with Crippen LogP contribution in [0.25, 0.3) is 11.1 Å². The molecule has 2 N–H and O–H groups in total. The first-order valence-electron chi connectivity index (χ1n) is 6.53. The molecule has 0 aromatic heterocycles. The van der Waals surface area contributed by atoms with Crippen LogP contribution in [0.4, 0.5) is 4.39 Å². The maximum Gasteiger partial charge on any atom is 0.131 e. The van der Waals surface area contributed by atoms with Gasteiger partial charge >= 0.3 is 0 Å². The summed E-state index contributed by atoms with van der Waals surface area (Å²) in [5.74, 6) is 0.585. The molecule has 2 aromatic rings. The van der Waals surface area contributed by atoms with E-state index in [0.717, 1.165) is 35.3 Å². The van der Waals surface area contributed by atoms with Crippen LogP contribution >= 0.6 is 0 Å². The van der Waals surface area contributed by atoms with Gasteiger partial charge in [-0.15, -0.1) is 0 Å². The monoisotopic (exact) mass is 257 g/mol. The minimum absolute atomic E-state index is 0.236. The van der Waals surface area contributed by atoms with Crippen molar-refractivity contribution < 1.29 is 9.13 Å². The Morgan fingerprint density at radius 1 is 1.16 bits per heavy atom. The maximum absolute atomic E-state index is 14.1. The highest BCUT2D eigenvalue weighted by Gasteiger charge is 2.17. The van der Waals surface area contributed by atoms with Crippen molar-refractivity contribution in [3.05, 3.63) is 53.3 Å². The average molecular weight is 257 g/mol. The van der Waals surface area contributed by atoms with Gasteiger partial charge in [-0.25, -0.2) is 4.39 Å². The van der Waals surface area contributed by atoms with Gasteiger partial charge in [-0.1, -0.05) is 24.3 Å². The van der Waals surface area contributed by atoms with E-state index in [4.69, 9.17) is 10.5 Å². The summed E-state index contributed by atoms with van der Waals surface area (Å²) < 4.78 is 19.8. The molecule has 3 rings (SSSR count). The molecule has 1 heterocycles. The summed E-state index contributed by atoms with van der Waals surface area (Å²) in [5, 5.41) is 0. The third kappa shape index (κ3) is 2.22. The molecule has 2 aromatic carbocycles. The molecule has 98 valence electrons. The first-order valence-corrected chi connectivity index (χ1v) is 6.53. The van der Waals surface area contributed by atoms with Gasteiger partial charge in [-0.05, 0) is 36.1 Å². The quantitative estimate of drug-likeness (QED) is 0.896. The van der Waals surface area contributed by atoms with E-state index < -0.39 is 0 Å². The molecule has 19 heavy (non-hydrogen) atoms. The van der Waals surface area contributed by atoms with Crippen molar-refractivity contribution >= 4 is 0 Å². The Balaban J connectivity index is 2.16. The minimum Gasteiger partial charge on any atom is -0.493 e. The summed E-state index contributed by atoms with van der Waals surface area (Å²) in [7, 11) is 0. The molecule has 0 bridgehead atoms. The standard InChI is InChI=1S/C16H16FNO/c17-15-7-6-11(10-18)9-14(15)13-5-1-3-12-4-2-8-19-16(12)13/h1,3,5-7,9H,2,4,8,10,18H2. The molecule has 0 spiro atoms. The fourth-order valence-corrected chi connectivity index (χ4v) is 2.51. The molecule has 0 radical (unpaired) electrons. The lowest BCUT2D eigenvalue weighted by atomic mass is 9.96. The van der Waals surface area contributed by atoms with E-state index >= 15 is 0 Å². The van der Waals surface area contributed by atoms with E-state index in [1.165, 1.54) is 6.07 Å². The summed E-state index contributed by atoms with van der Waals surface area (Å²) in [6.07, 6.45) is 2.00. The van der Waals surface area contributed by atoms with Crippen LogP contribution in [-0.4, -0.2) is 6.61 Å². The van der Waals surface area contributed by atoms with Gasteiger partial charge < -0.3 is 10.5 Å². The highest BCUT2D eigenvalue weighted by atomic mass is 19.1. The number of ether oxygens (including phenoxy) is 1. The van der Waals surface area contributed by atoms with Crippen molar-refractivity contribution in [2.75, 3.05) is 6.61 Å². The zero-order valence-electron chi connectivity index (χ0n) is 10.7. The number of para-hydroxylation sites is 1. The van der Waals surface area contributed by atoms with Crippen LogP contribution in [0.1, 0.15) is 17.5 Å². The molecule has 0 saturated heterocycles.